The molecule has 1 atom stereocenters. The highest BCUT2D eigenvalue weighted by molar-refractivity contribution is 5.92. The van der Waals surface area contributed by atoms with Gasteiger partial charge in [-0.3, -0.25) is 24.6 Å². The average molecular weight is 213 g/mol. The molecule has 0 aliphatic carbocycles. The second-order valence-corrected chi connectivity index (χ2v) is 3.14. The maximum atomic E-state index is 11.4. The predicted octanol–water partition coefficient (Wildman–Crippen LogP) is -0.704. The van der Waals surface area contributed by atoms with Crippen LogP contribution < -0.4 is 10.9 Å². The number of hydrogen-bond donors (Lipinski definition) is 4. The number of aromatic nitrogens is 2. The Hall–Kier alpha value is -2.05. The van der Waals surface area contributed by atoms with Crippen LogP contribution in [0, 0.1) is 0 Å². The molecule has 0 saturated heterocycles. The van der Waals surface area contributed by atoms with Crippen LogP contribution in [0.25, 0.3) is 0 Å². The van der Waals surface area contributed by atoms with E-state index in [1.54, 1.807) is 6.92 Å². The highest BCUT2D eigenvalue weighted by Gasteiger charge is 2.13. The topological polar surface area (TPSA) is 115 Å². The van der Waals surface area contributed by atoms with Crippen molar-refractivity contribution in [2.75, 3.05) is 0 Å². The van der Waals surface area contributed by atoms with E-state index in [9.17, 15) is 14.4 Å². The quantitative estimate of drug-likeness (QED) is 0.529. The molecule has 7 heteroatoms. The van der Waals surface area contributed by atoms with E-state index in [1.807, 2.05) is 0 Å². The minimum absolute atomic E-state index is 0.0808. The van der Waals surface area contributed by atoms with Crippen LogP contribution in [0.15, 0.2) is 10.9 Å². The van der Waals surface area contributed by atoms with E-state index in [4.69, 9.17) is 5.11 Å². The third-order valence-electron chi connectivity index (χ3n) is 1.70. The Labute approximate surface area is 84.5 Å². The summed E-state index contributed by atoms with van der Waals surface area (Å²) in [6.07, 6.45) is -0.166. The summed E-state index contributed by atoms with van der Waals surface area (Å²) in [7, 11) is 0. The Morgan fingerprint density at radius 1 is 1.53 bits per heavy atom. The van der Waals surface area contributed by atoms with E-state index in [0.29, 0.717) is 0 Å². The molecule has 1 heterocycles. The van der Waals surface area contributed by atoms with Crippen LogP contribution in [0.1, 0.15) is 23.8 Å². The Balaban J connectivity index is 2.56. The van der Waals surface area contributed by atoms with Gasteiger partial charge in [0.2, 0.25) is 0 Å². The first-order valence-corrected chi connectivity index (χ1v) is 4.29. The number of aliphatic carboxylic acids is 1. The van der Waals surface area contributed by atoms with Gasteiger partial charge < -0.3 is 10.4 Å². The molecule has 1 rings (SSSR count). The smallest absolute Gasteiger partial charge is 0.305 e. The van der Waals surface area contributed by atoms with Gasteiger partial charge in [0.05, 0.1) is 6.42 Å². The fourth-order valence-corrected chi connectivity index (χ4v) is 1.07. The van der Waals surface area contributed by atoms with Gasteiger partial charge in [0.1, 0.15) is 5.69 Å². The molecule has 82 valence electrons. The molecule has 0 bridgehead atoms. The Kier molecular flexibility index (Phi) is 3.27. The van der Waals surface area contributed by atoms with Crippen molar-refractivity contribution in [2.45, 2.75) is 19.4 Å². The summed E-state index contributed by atoms with van der Waals surface area (Å²) in [6, 6.07) is 0.608. The number of carboxylic acid groups (broad SMARTS) is 1. The van der Waals surface area contributed by atoms with Crippen molar-refractivity contribution >= 4 is 11.9 Å². The third kappa shape index (κ3) is 3.29. The van der Waals surface area contributed by atoms with Crippen molar-refractivity contribution in [2.24, 2.45) is 0 Å². The van der Waals surface area contributed by atoms with Crippen molar-refractivity contribution in [3.05, 3.63) is 22.1 Å². The Morgan fingerprint density at radius 2 is 2.20 bits per heavy atom. The van der Waals surface area contributed by atoms with Crippen LogP contribution in [0.5, 0.6) is 0 Å². The lowest BCUT2D eigenvalue weighted by Gasteiger charge is -2.09. The second-order valence-electron chi connectivity index (χ2n) is 3.14. The lowest BCUT2D eigenvalue weighted by molar-refractivity contribution is -0.137. The number of amides is 1. The van der Waals surface area contributed by atoms with Crippen LogP contribution in [-0.2, 0) is 4.79 Å². The molecule has 15 heavy (non-hydrogen) atoms. The van der Waals surface area contributed by atoms with Gasteiger partial charge in [-0.15, -0.1) is 0 Å². The molecule has 1 aromatic heterocycles. The molecule has 0 spiro atoms. The van der Waals surface area contributed by atoms with Crippen LogP contribution in [0.2, 0.25) is 0 Å². The van der Waals surface area contributed by atoms with Gasteiger partial charge in [-0.25, -0.2) is 0 Å². The lowest BCUT2D eigenvalue weighted by Crippen LogP contribution is -2.34. The number of carbonyl (C=O) groups is 2. The highest BCUT2D eigenvalue weighted by atomic mass is 16.4. The molecule has 4 N–H and O–H groups in total. The first-order valence-electron chi connectivity index (χ1n) is 4.29. The highest BCUT2D eigenvalue weighted by Crippen LogP contribution is 1.94. The van der Waals surface area contributed by atoms with Crippen molar-refractivity contribution in [1.29, 1.82) is 0 Å². The first kappa shape index (κ1) is 11.0. The molecule has 0 aliphatic heterocycles. The van der Waals surface area contributed by atoms with E-state index >= 15 is 0 Å². The fourth-order valence-electron chi connectivity index (χ4n) is 1.07. The monoisotopic (exact) mass is 213 g/mol. The lowest BCUT2D eigenvalue weighted by atomic mass is 10.2. The molecule has 7 nitrogen and oxygen atoms in total. The number of nitrogens with one attached hydrogen (secondary N) is 3. The van der Waals surface area contributed by atoms with Crippen molar-refractivity contribution in [1.82, 2.24) is 15.5 Å². The summed E-state index contributed by atoms with van der Waals surface area (Å²) < 4.78 is 0. The number of H-pyrrole nitrogens is 2. The first-order chi connectivity index (χ1) is 6.99. The number of carboxylic acids is 1. The molecular weight excluding hydrogens is 202 g/mol. The van der Waals surface area contributed by atoms with Crippen LogP contribution in [0.3, 0.4) is 0 Å². The van der Waals surface area contributed by atoms with Crippen LogP contribution in [0.4, 0.5) is 0 Å². The second kappa shape index (κ2) is 4.45. The van der Waals surface area contributed by atoms with Gasteiger partial charge in [-0.2, -0.15) is 0 Å². The minimum Gasteiger partial charge on any atom is -0.481 e. The van der Waals surface area contributed by atoms with Gasteiger partial charge in [0.25, 0.3) is 11.5 Å². The number of aromatic amines is 2. The molecule has 1 aromatic rings. The number of hydrogen-bond acceptors (Lipinski definition) is 3. The van der Waals surface area contributed by atoms with Gasteiger partial charge in [0.15, 0.2) is 0 Å². The summed E-state index contributed by atoms with van der Waals surface area (Å²) in [5.41, 5.74) is -0.330. The molecule has 1 amide bonds. The summed E-state index contributed by atoms with van der Waals surface area (Å²) in [5.74, 6) is -1.51. The largest absolute Gasteiger partial charge is 0.481 e. The Morgan fingerprint density at radius 3 is 2.67 bits per heavy atom. The summed E-state index contributed by atoms with van der Waals surface area (Å²) in [6.45, 7) is 1.57. The van der Waals surface area contributed by atoms with Crippen molar-refractivity contribution in [3.8, 4) is 0 Å². The number of rotatable bonds is 4. The molecular formula is C8H11N3O4. The molecule has 0 fully saturated rings. The molecule has 0 aromatic carbocycles. The summed E-state index contributed by atoms with van der Waals surface area (Å²) in [4.78, 5) is 32.4. The minimum atomic E-state index is -0.995. The molecule has 1 unspecified atom stereocenters. The summed E-state index contributed by atoms with van der Waals surface area (Å²) in [5, 5.41) is 15.5. The van der Waals surface area contributed by atoms with Crippen LogP contribution >= 0.6 is 0 Å². The SMILES string of the molecule is CC(CC(=O)O)NC(=O)c1cc(=O)[nH][nH]1. The van der Waals surface area contributed by atoms with E-state index in [1.165, 1.54) is 0 Å². The van der Waals surface area contributed by atoms with E-state index in [-0.39, 0.29) is 12.1 Å². The van der Waals surface area contributed by atoms with Gasteiger partial charge >= 0.3 is 5.97 Å². The predicted molar refractivity (Wildman–Crippen MR) is 50.6 cm³/mol. The Bertz CT molecular complexity index is 420. The molecule has 0 aliphatic rings. The fraction of sp³-hybridized carbons (Fsp3) is 0.375. The normalized spacial score (nSPS) is 12.1. The van der Waals surface area contributed by atoms with Crippen molar-refractivity contribution < 1.29 is 14.7 Å². The van der Waals surface area contributed by atoms with Gasteiger partial charge in [0, 0.05) is 12.1 Å². The molecule has 0 radical (unpaired) electrons. The maximum Gasteiger partial charge on any atom is 0.305 e. The molecule has 0 saturated carbocycles. The van der Waals surface area contributed by atoms with Crippen LogP contribution in [-0.4, -0.2) is 33.2 Å². The zero-order valence-electron chi connectivity index (χ0n) is 8.03. The zero-order chi connectivity index (χ0) is 11.4. The zero-order valence-corrected chi connectivity index (χ0v) is 8.03. The maximum absolute atomic E-state index is 11.4. The standard InChI is InChI=1S/C8H11N3O4/c1-4(2-7(13)14)9-8(15)5-3-6(12)11-10-5/h3-4H,2H2,1H3,(H,9,15)(H,13,14)(H2,10,11,12). The van der Waals surface area contributed by atoms with Gasteiger partial charge in [-0.1, -0.05) is 0 Å². The van der Waals surface area contributed by atoms with Crippen molar-refractivity contribution in [3.63, 3.8) is 0 Å². The van der Waals surface area contributed by atoms with E-state index in [2.05, 4.69) is 15.5 Å². The van der Waals surface area contributed by atoms with E-state index < -0.39 is 23.5 Å². The number of carbonyl (C=O) groups excluding carboxylic acids is 1. The summed E-state index contributed by atoms with van der Waals surface area (Å²) >= 11 is 0. The van der Waals surface area contributed by atoms with Gasteiger partial charge in [-0.05, 0) is 6.92 Å². The third-order valence-corrected chi connectivity index (χ3v) is 1.70. The average Bonchev–Trinajstić information content (AvgIpc) is 2.49. The van der Waals surface area contributed by atoms with E-state index in [0.717, 1.165) is 6.07 Å².